The SMILES string of the molecule is O=C(O)c1ccc(NC(=O)[C@H]2c3cccc(N4CCC(O)CC4)c3CCN2C(=O)[C@H]2CC(c3cccc(Cl)c3F)=NO2)cc1. The van der Waals surface area contributed by atoms with Gasteiger partial charge < -0.3 is 30.2 Å². The zero-order chi connectivity index (χ0) is 31.0. The highest BCUT2D eigenvalue weighted by Gasteiger charge is 2.42. The summed E-state index contributed by atoms with van der Waals surface area (Å²) in [6.45, 7) is 1.56. The first-order chi connectivity index (χ1) is 21.2. The number of halogens is 2. The van der Waals surface area contributed by atoms with E-state index in [-0.39, 0.29) is 40.9 Å². The molecule has 0 radical (unpaired) electrons. The molecule has 228 valence electrons. The maximum Gasteiger partial charge on any atom is 0.335 e. The highest BCUT2D eigenvalue weighted by Crippen LogP contribution is 2.38. The van der Waals surface area contributed by atoms with Crippen LogP contribution in [-0.2, 0) is 20.8 Å². The third-order valence-electron chi connectivity index (χ3n) is 8.34. The zero-order valence-electron chi connectivity index (χ0n) is 23.6. The Morgan fingerprint density at radius 1 is 1.00 bits per heavy atom. The average Bonchev–Trinajstić information content (AvgIpc) is 3.52. The van der Waals surface area contributed by atoms with Gasteiger partial charge in [-0.05, 0) is 72.9 Å². The first kappa shape index (κ1) is 29.6. The van der Waals surface area contributed by atoms with Gasteiger partial charge in [-0.2, -0.15) is 0 Å². The van der Waals surface area contributed by atoms with Crippen LogP contribution in [-0.4, -0.2) is 70.5 Å². The van der Waals surface area contributed by atoms with E-state index in [4.69, 9.17) is 16.4 Å². The summed E-state index contributed by atoms with van der Waals surface area (Å²) < 4.78 is 14.7. The largest absolute Gasteiger partial charge is 0.478 e. The second kappa shape index (κ2) is 12.3. The fraction of sp³-hybridized carbons (Fsp3) is 0.312. The maximum absolute atomic E-state index is 14.7. The molecule has 2 amide bonds. The lowest BCUT2D eigenvalue weighted by molar-refractivity contribution is -0.148. The predicted molar refractivity (Wildman–Crippen MR) is 162 cm³/mol. The van der Waals surface area contributed by atoms with Crippen molar-refractivity contribution in [3.8, 4) is 0 Å². The molecule has 3 aliphatic heterocycles. The van der Waals surface area contributed by atoms with E-state index in [2.05, 4.69) is 15.4 Å². The van der Waals surface area contributed by atoms with Crippen LogP contribution in [0.15, 0.2) is 65.8 Å². The molecule has 0 saturated carbocycles. The number of carboxylic acid groups (broad SMARTS) is 1. The van der Waals surface area contributed by atoms with Crippen molar-refractivity contribution in [2.24, 2.45) is 5.16 Å². The number of hydrogen-bond donors (Lipinski definition) is 3. The molecule has 2 atom stereocenters. The van der Waals surface area contributed by atoms with Crippen molar-refractivity contribution in [2.45, 2.75) is 43.9 Å². The van der Waals surface area contributed by atoms with Crippen LogP contribution in [0, 0.1) is 5.82 Å². The number of rotatable bonds is 6. The molecule has 3 N–H and O–H groups in total. The van der Waals surface area contributed by atoms with Crippen LogP contribution >= 0.6 is 11.6 Å². The molecule has 10 nitrogen and oxygen atoms in total. The van der Waals surface area contributed by atoms with Crippen molar-refractivity contribution in [1.29, 1.82) is 0 Å². The Kier molecular flexibility index (Phi) is 8.24. The van der Waals surface area contributed by atoms with E-state index in [1.807, 2.05) is 18.2 Å². The van der Waals surface area contributed by atoms with Gasteiger partial charge in [0.15, 0.2) is 5.82 Å². The molecule has 3 aliphatic rings. The van der Waals surface area contributed by atoms with E-state index in [0.717, 1.165) is 11.3 Å². The number of carbonyl (C=O) groups is 3. The first-order valence-electron chi connectivity index (χ1n) is 14.4. The lowest BCUT2D eigenvalue weighted by Crippen LogP contribution is -2.49. The maximum atomic E-state index is 14.7. The molecule has 3 aromatic carbocycles. The standard InChI is InChI=1S/C32H30ClFN4O6/c33-24-5-1-4-23(28(24)34)25-17-27(44-36-25)31(41)38-16-13-21-22(3-2-6-26(21)37-14-11-20(39)12-15-37)29(38)30(40)35-19-9-7-18(8-10-19)32(42)43/h1-10,20,27,29,39H,11-17H2,(H,35,40)(H,42,43)/t27-,29-/m1/s1. The highest BCUT2D eigenvalue weighted by atomic mass is 35.5. The van der Waals surface area contributed by atoms with Crippen LogP contribution in [0.3, 0.4) is 0 Å². The van der Waals surface area contributed by atoms with Crippen LogP contribution in [0.1, 0.15) is 52.4 Å². The number of carboxylic acids is 1. The van der Waals surface area contributed by atoms with Gasteiger partial charge in [0.1, 0.15) is 6.04 Å². The molecular weight excluding hydrogens is 591 g/mol. The Morgan fingerprint density at radius 3 is 2.45 bits per heavy atom. The van der Waals surface area contributed by atoms with Crippen molar-refractivity contribution in [3.63, 3.8) is 0 Å². The van der Waals surface area contributed by atoms with E-state index in [9.17, 15) is 29.0 Å². The van der Waals surface area contributed by atoms with Crippen LogP contribution in [0.25, 0.3) is 0 Å². The lowest BCUT2D eigenvalue weighted by Gasteiger charge is -2.40. The van der Waals surface area contributed by atoms with Gasteiger partial charge in [0.25, 0.3) is 11.8 Å². The summed E-state index contributed by atoms with van der Waals surface area (Å²) in [5, 5.41) is 26.0. The predicted octanol–water partition coefficient (Wildman–Crippen LogP) is 4.40. The van der Waals surface area contributed by atoms with Gasteiger partial charge in [-0.3, -0.25) is 9.59 Å². The third kappa shape index (κ3) is 5.72. The summed E-state index contributed by atoms with van der Waals surface area (Å²) in [7, 11) is 0. The number of benzene rings is 3. The van der Waals surface area contributed by atoms with Gasteiger partial charge in [0, 0.05) is 43.0 Å². The number of nitrogens with zero attached hydrogens (tertiary/aromatic N) is 3. The summed E-state index contributed by atoms with van der Waals surface area (Å²) in [4.78, 5) is 48.4. The molecule has 1 fully saturated rings. The van der Waals surface area contributed by atoms with Crippen molar-refractivity contribution >= 4 is 46.5 Å². The van der Waals surface area contributed by atoms with Crippen LogP contribution in [0.2, 0.25) is 5.02 Å². The van der Waals surface area contributed by atoms with Crippen LogP contribution in [0.5, 0.6) is 0 Å². The number of amides is 2. The van der Waals surface area contributed by atoms with E-state index < -0.39 is 35.7 Å². The molecule has 3 heterocycles. The number of piperidine rings is 1. The summed E-state index contributed by atoms with van der Waals surface area (Å²) >= 11 is 5.95. The molecule has 12 heteroatoms. The van der Waals surface area contributed by atoms with E-state index in [1.165, 1.54) is 41.3 Å². The van der Waals surface area contributed by atoms with E-state index >= 15 is 0 Å². The molecule has 0 aliphatic carbocycles. The topological polar surface area (TPSA) is 132 Å². The minimum atomic E-state index is -1.09. The van der Waals surface area contributed by atoms with Crippen molar-refractivity contribution in [1.82, 2.24) is 4.90 Å². The lowest BCUT2D eigenvalue weighted by atomic mass is 9.89. The fourth-order valence-corrected chi connectivity index (χ4v) is 6.23. The molecule has 0 spiro atoms. The molecule has 0 bridgehead atoms. The molecule has 44 heavy (non-hydrogen) atoms. The average molecular weight is 621 g/mol. The highest BCUT2D eigenvalue weighted by molar-refractivity contribution is 6.31. The fourth-order valence-electron chi connectivity index (χ4n) is 6.06. The normalized spacial score (nSPS) is 20.0. The Hall–Kier alpha value is -4.48. The molecule has 0 aromatic heterocycles. The van der Waals surface area contributed by atoms with E-state index in [0.29, 0.717) is 43.6 Å². The number of aliphatic hydroxyl groups is 1. The van der Waals surface area contributed by atoms with Crippen molar-refractivity contribution in [3.05, 3.63) is 93.8 Å². The van der Waals surface area contributed by atoms with Gasteiger partial charge in [-0.15, -0.1) is 0 Å². The number of fused-ring (bicyclic) bond motifs is 1. The number of anilines is 2. The van der Waals surface area contributed by atoms with Gasteiger partial charge in [-0.25, -0.2) is 9.18 Å². The minimum absolute atomic E-state index is 0.000581. The first-order valence-corrected chi connectivity index (χ1v) is 14.8. The van der Waals surface area contributed by atoms with E-state index in [1.54, 1.807) is 6.07 Å². The molecule has 1 saturated heterocycles. The molecule has 6 rings (SSSR count). The number of hydrogen-bond acceptors (Lipinski definition) is 7. The number of aliphatic hydroxyl groups excluding tert-OH is 1. The Balaban J connectivity index is 1.30. The summed E-state index contributed by atoms with van der Waals surface area (Å²) in [6.07, 6.45) is 0.348. The quantitative estimate of drug-likeness (QED) is 0.372. The number of aromatic carboxylic acids is 1. The van der Waals surface area contributed by atoms with Crippen LogP contribution < -0.4 is 10.2 Å². The summed E-state index contributed by atoms with van der Waals surface area (Å²) in [5.41, 5.74) is 3.41. The molecule has 0 unspecified atom stereocenters. The number of oxime groups is 1. The second-order valence-electron chi connectivity index (χ2n) is 11.1. The Bertz CT molecular complexity index is 1640. The zero-order valence-corrected chi connectivity index (χ0v) is 24.3. The molecule has 3 aromatic rings. The molecular formula is C32H30ClFN4O6. The van der Waals surface area contributed by atoms with Gasteiger partial charge >= 0.3 is 5.97 Å². The minimum Gasteiger partial charge on any atom is -0.478 e. The number of nitrogens with one attached hydrogen (secondary N) is 1. The van der Waals surface area contributed by atoms with Gasteiger partial charge in [0.05, 0.1) is 22.4 Å². The Labute approximate surface area is 257 Å². The monoisotopic (exact) mass is 620 g/mol. The third-order valence-corrected chi connectivity index (χ3v) is 8.63. The van der Waals surface area contributed by atoms with Gasteiger partial charge in [-0.1, -0.05) is 35.0 Å². The Morgan fingerprint density at radius 2 is 1.73 bits per heavy atom. The van der Waals surface area contributed by atoms with Gasteiger partial charge in [0.2, 0.25) is 6.10 Å². The summed E-state index contributed by atoms with van der Waals surface area (Å²) in [6, 6.07) is 14.9. The number of carbonyl (C=O) groups excluding carboxylic acids is 2. The van der Waals surface area contributed by atoms with Crippen LogP contribution in [0.4, 0.5) is 15.8 Å². The van der Waals surface area contributed by atoms with Crippen molar-refractivity contribution in [2.75, 3.05) is 29.9 Å². The summed E-state index contributed by atoms with van der Waals surface area (Å²) in [5.74, 6) is -2.69. The second-order valence-corrected chi connectivity index (χ2v) is 11.5. The van der Waals surface area contributed by atoms with Crippen molar-refractivity contribution < 1.29 is 33.8 Å². The smallest absolute Gasteiger partial charge is 0.335 e.